The monoisotopic (exact) mass is 462 g/mol. The van der Waals surface area contributed by atoms with Gasteiger partial charge in [-0.15, -0.1) is 0 Å². The highest BCUT2D eigenvalue weighted by Crippen LogP contribution is 2.24. The van der Waals surface area contributed by atoms with Gasteiger partial charge in [0.1, 0.15) is 17.4 Å². The molecule has 168 valence electrons. The summed E-state index contributed by atoms with van der Waals surface area (Å²) < 4.78 is 74.0. The summed E-state index contributed by atoms with van der Waals surface area (Å²) in [5, 5.41) is 0.162. The van der Waals surface area contributed by atoms with Crippen molar-refractivity contribution in [3.63, 3.8) is 0 Å². The third-order valence-corrected chi connectivity index (χ3v) is 4.87. The Labute approximate surface area is 192 Å². The Morgan fingerprint density at radius 1 is 0.618 bits per heavy atom. The average Bonchev–Trinajstić information content (AvgIpc) is 2.81. The molecule has 6 heteroatoms. The second-order valence-corrected chi connectivity index (χ2v) is 7.19. The first-order valence-corrected chi connectivity index (χ1v) is 10.2. The summed E-state index contributed by atoms with van der Waals surface area (Å²) in [7, 11) is 0. The summed E-state index contributed by atoms with van der Waals surface area (Å²) in [6.07, 6.45) is 0. The molecule has 34 heavy (non-hydrogen) atoms. The van der Waals surface area contributed by atoms with Crippen LogP contribution in [0.5, 0.6) is 5.75 Å². The fourth-order valence-electron chi connectivity index (χ4n) is 3.22. The van der Waals surface area contributed by atoms with E-state index in [-0.39, 0.29) is 28.7 Å². The highest BCUT2D eigenvalue weighted by atomic mass is 19.2. The molecule has 0 saturated carbocycles. The molecule has 1 nitrogen and oxygen atoms in total. The summed E-state index contributed by atoms with van der Waals surface area (Å²) in [6.45, 7) is 2.00. The minimum atomic E-state index is -1.51. The third-order valence-electron chi connectivity index (χ3n) is 4.87. The molecule has 0 aliphatic heterocycles. The number of rotatable bonds is 2. The highest BCUT2D eigenvalue weighted by Gasteiger charge is 2.13. The van der Waals surface area contributed by atoms with E-state index >= 15 is 0 Å². The second-order valence-electron chi connectivity index (χ2n) is 7.19. The molecule has 0 spiro atoms. The van der Waals surface area contributed by atoms with Crippen LogP contribution in [0.2, 0.25) is 0 Å². The molecule has 0 amide bonds. The van der Waals surface area contributed by atoms with E-state index in [1.807, 2.05) is 0 Å². The van der Waals surface area contributed by atoms with Gasteiger partial charge in [0.05, 0.1) is 12.2 Å². The Bertz CT molecular complexity index is 1490. The van der Waals surface area contributed by atoms with Crippen LogP contribution in [-0.4, -0.2) is 6.61 Å². The van der Waals surface area contributed by atoms with E-state index in [1.165, 1.54) is 18.2 Å². The largest absolute Gasteiger partial charge is 0.494 e. The van der Waals surface area contributed by atoms with E-state index in [0.717, 1.165) is 18.2 Å². The first kappa shape index (κ1) is 22.9. The van der Waals surface area contributed by atoms with Crippen molar-refractivity contribution in [3.8, 4) is 29.4 Å². The van der Waals surface area contributed by atoms with Gasteiger partial charge in [-0.1, -0.05) is 29.7 Å². The molecule has 0 fully saturated rings. The van der Waals surface area contributed by atoms with Gasteiger partial charge in [0.25, 0.3) is 0 Å². The summed E-state index contributed by atoms with van der Waals surface area (Å²) in [6, 6.07) is 14.1. The van der Waals surface area contributed by atoms with E-state index in [0.29, 0.717) is 16.7 Å². The minimum Gasteiger partial charge on any atom is -0.494 e. The molecule has 4 rings (SSSR count). The fourth-order valence-corrected chi connectivity index (χ4v) is 3.22. The van der Waals surface area contributed by atoms with Crippen LogP contribution in [0.3, 0.4) is 0 Å². The molecule has 0 saturated heterocycles. The third kappa shape index (κ3) is 4.87. The van der Waals surface area contributed by atoms with Crippen LogP contribution in [0.4, 0.5) is 22.0 Å². The van der Waals surface area contributed by atoms with Crippen LogP contribution in [-0.2, 0) is 0 Å². The molecular formula is C28H15F5O. The predicted octanol–water partition coefficient (Wildman–Crippen LogP) is 6.73. The topological polar surface area (TPSA) is 9.23 Å². The summed E-state index contributed by atoms with van der Waals surface area (Å²) >= 11 is 0. The average molecular weight is 462 g/mol. The maximum absolute atomic E-state index is 14.1. The van der Waals surface area contributed by atoms with Gasteiger partial charge in [-0.2, -0.15) is 0 Å². The fraction of sp³-hybridized carbons (Fsp3) is 0.0714. The number of ether oxygens (including phenoxy) is 1. The zero-order chi connectivity index (χ0) is 24.2. The van der Waals surface area contributed by atoms with Gasteiger partial charge in [-0.05, 0) is 54.8 Å². The van der Waals surface area contributed by atoms with Crippen molar-refractivity contribution in [2.24, 2.45) is 0 Å². The van der Waals surface area contributed by atoms with E-state index in [4.69, 9.17) is 4.74 Å². The summed E-state index contributed by atoms with van der Waals surface area (Å²) in [5.74, 6) is 5.45. The summed E-state index contributed by atoms with van der Waals surface area (Å²) in [5.41, 5.74) is 1.29. The van der Waals surface area contributed by atoms with Crippen molar-refractivity contribution < 1.29 is 26.7 Å². The molecule has 0 aliphatic carbocycles. The van der Waals surface area contributed by atoms with Crippen molar-refractivity contribution in [3.05, 3.63) is 112 Å². The number of hydrogen-bond acceptors (Lipinski definition) is 1. The Kier molecular flexibility index (Phi) is 6.52. The van der Waals surface area contributed by atoms with Crippen LogP contribution in [0, 0.1) is 52.8 Å². The lowest BCUT2D eigenvalue weighted by atomic mass is 10.1. The lowest BCUT2D eigenvalue weighted by Gasteiger charge is -2.04. The minimum absolute atomic E-state index is 0.0345. The van der Waals surface area contributed by atoms with E-state index < -0.39 is 29.1 Å². The smallest absolute Gasteiger partial charge is 0.195 e. The molecule has 0 unspecified atom stereocenters. The van der Waals surface area contributed by atoms with Gasteiger partial charge in [0, 0.05) is 34.2 Å². The van der Waals surface area contributed by atoms with Crippen LogP contribution in [0.25, 0.3) is 10.8 Å². The second kappa shape index (κ2) is 9.68. The van der Waals surface area contributed by atoms with Crippen molar-refractivity contribution >= 4 is 10.8 Å². The van der Waals surface area contributed by atoms with Gasteiger partial charge >= 0.3 is 0 Å². The zero-order valence-corrected chi connectivity index (χ0v) is 17.8. The molecular weight excluding hydrogens is 447 g/mol. The molecule has 4 aromatic rings. The first-order chi connectivity index (χ1) is 16.4. The quantitative estimate of drug-likeness (QED) is 0.182. The Balaban J connectivity index is 1.54. The van der Waals surface area contributed by atoms with E-state index in [1.54, 1.807) is 31.2 Å². The maximum Gasteiger partial charge on any atom is 0.195 e. The lowest BCUT2D eigenvalue weighted by molar-refractivity contribution is 0.335. The summed E-state index contributed by atoms with van der Waals surface area (Å²) in [4.78, 5) is 0. The van der Waals surface area contributed by atoms with Crippen LogP contribution >= 0.6 is 0 Å². The number of halogens is 5. The molecule has 0 atom stereocenters. The highest BCUT2D eigenvalue weighted by molar-refractivity contribution is 5.84. The molecule has 0 bridgehead atoms. The number of benzene rings is 4. The lowest BCUT2D eigenvalue weighted by Crippen LogP contribution is -1.96. The van der Waals surface area contributed by atoms with Gasteiger partial charge in [0.2, 0.25) is 0 Å². The Morgan fingerprint density at radius 2 is 1.18 bits per heavy atom. The van der Waals surface area contributed by atoms with Crippen LogP contribution in [0.15, 0.2) is 60.7 Å². The van der Waals surface area contributed by atoms with Gasteiger partial charge < -0.3 is 4.74 Å². The van der Waals surface area contributed by atoms with Crippen molar-refractivity contribution in [1.82, 2.24) is 0 Å². The SMILES string of the molecule is CCOc1cc(F)c(C#Cc2ccc(C#Cc3ccc4c(F)c(F)c(F)cc4c3)cc2)c(F)c1. The predicted molar refractivity (Wildman–Crippen MR) is 120 cm³/mol. The zero-order valence-electron chi connectivity index (χ0n) is 17.8. The van der Waals surface area contributed by atoms with Crippen LogP contribution in [0.1, 0.15) is 29.2 Å². The maximum atomic E-state index is 14.1. The normalized spacial score (nSPS) is 10.3. The Morgan fingerprint density at radius 3 is 1.79 bits per heavy atom. The molecule has 0 N–H and O–H groups in total. The molecule has 0 radical (unpaired) electrons. The van der Waals surface area contributed by atoms with Crippen molar-refractivity contribution in [2.45, 2.75) is 6.92 Å². The Hall–Kier alpha value is -4.29. The molecule has 0 aliphatic rings. The molecule has 0 aromatic heterocycles. The van der Waals surface area contributed by atoms with E-state index in [9.17, 15) is 22.0 Å². The number of fused-ring (bicyclic) bond motifs is 1. The standard InChI is InChI=1S/C28H15F5O/c1-2-34-21-15-24(29)23(25(30)16-21)12-9-18-5-3-17(4-6-18)7-8-19-10-11-22-20(13-19)14-26(31)28(33)27(22)32/h3-6,10-11,13-16H,2H2,1H3. The van der Waals surface area contributed by atoms with Gasteiger partial charge in [-0.25, -0.2) is 22.0 Å². The van der Waals surface area contributed by atoms with Crippen molar-refractivity contribution in [1.29, 1.82) is 0 Å². The van der Waals surface area contributed by atoms with Crippen molar-refractivity contribution in [2.75, 3.05) is 6.61 Å². The van der Waals surface area contributed by atoms with E-state index in [2.05, 4.69) is 23.7 Å². The molecule has 4 aromatic carbocycles. The number of hydrogen-bond donors (Lipinski definition) is 0. The van der Waals surface area contributed by atoms with Gasteiger partial charge in [-0.3, -0.25) is 0 Å². The molecule has 0 heterocycles. The van der Waals surface area contributed by atoms with Crippen LogP contribution < -0.4 is 4.74 Å². The first-order valence-electron chi connectivity index (χ1n) is 10.2. The van der Waals surface area contributed by atoms with Gasteiger partial charge in [0.15, 0.2) is 17.5 Å².